The van der Waals surface area contributed by atoms with Crippen molar-refractivity contribution in [3.63, 3.8) is 0 Å². The Morgan fingerprint density at radius 2 is 2.21 bits per heavy atom. The van der Waals surface area contributed by atoms with Gasteiger partial charge in [0.05, 0.1) is 12.7 Å². The molecule has 1 heterocycles. The Morgan fingerprint density at radius 1 is 1.50 bits per heavy atom. The zero-order valence-electron chi connectivity index (χ0n) is 7.51. The van der Waals surface area contributed by atoms with E-state index < -0.39 is 17.4 Å². The first-order valence-electron chi connectivity index (χ1n) is 4.22. The molecule has 6 nitrogen and oxygen atoms in total. The van der Waals surface area contributed by atoms with Gasteiger partial charge in [0.15, 0.2) is 0 Å². The number of aromatic nitrogens is 2. The van der Waals surface area contributed by atoms with Gasteiger partial charge in [0, 0.05) is 18.8 Å². The van der Waals surface area contributed by atoms with Crippen molar-refractivity contribution in [2.24, 2.45) is 0 Å². The average molecular weight is 200 g/mol. The first-order valence-corrected chi connectivity index (χ1v) is 4.22. The van der Waals surface area contributed by atoms with Gasteiger partial charge in [-0.1, -0.05) is 0 Å². The van der Waals surface area contributed by atoms with E-state index in [9.17, 15) is 9.59 Å². The van der Waals surface area contributed by atoms with Crippen LogP contribution in [0.25, 0.3) is 0 Å². The second kappa shape index (κ2) is 4.73. The van der Waals surface area contributed by atoms with Gasteiger partial charge in [0.25, 0.3) is 5.56 Å². The van der Waals surface area contributed by atoms with Gasteiger partial charge in [0.2, 0.25) is 0 Å². The fraction of sp³-hybridized carbons (Fsp3) is 0.500. The molecule has 0 fully saturated rings. The quantitative estimate of drug-likeness (QED) is 0.538. The predicted octanol–water partition coefficient (Wildman–Crippen LogP) is -1.72. The number of nitrogens with zero attached hydrogens (tertiary/aromatic N) is 1. The van der Waals surface area contributed by atoms with Gasteiger partial charge < -0.3 is 14.8 Å². The molecule has 0 unspecified atom stereocenters. The monoisotopic (exact) mass is 200 g/mol. The highest BCUT2D eigenvalue weighted by Crippen LogP contribution is 1.91. The number of aryl methyl sites for hydroxylation is 1. The molecule has 0 amide bonds. The highest BCUT2D eigenvalue weighted by atomic mass is 16.3. The summed E-state index contributed by atoms with van der Waals surface area (Å²) < 4.78 is 1.26. The minimum Gasteiger partial charge on any atom is -0.394 e. The fourth-order valence-electron chi connectivity index (χ4n) is 1.000. The van der Waals surface area contributed by atoms with E-state index in [2.05, 4.69) is 4.98 Å². The predicted molar refractivity (Wildman–Crippen MR) is 49.0 cm³/mol. The Bertz CT molecular complexity index is 395. The third-order valence-electron chi connectivity index (χ3n) is 1.81. The topological polar surface area (TPSA) is 95.3 Å². The maximum absolute atomic E-state index is 11.1. The highest BCUT2D eigenvalue weighted by Gasteiger charge is 2.02. The van der Waals surface area contributed by atoms with Crippen LogP contribution in [-0.2, 0) is 6.54 Å². The maximum atomic E-state index is 11.1. The minimum atomic E-state index is -0.839. The van der Waals surface area contributed by atoms with Crippen molar-refractivity contribution in [1.82, 2.24) is 9.55 Å². The molecule has 0 bridgehead atoms. The van der Waals surface area contributed by atoms with Gasteiger partial charge in [-0.15, -0.1) is 0 Å². The van der Waals surface area contributed by atoms with Gasteiger partial charge >= 0.3 is 5.69 Å². The lowest BCUT2D eigenvalue weighted by Gasteiger charge is -2.07. The lowest BCUT2D eigenvalue weighted by Crippen LogP contribution is -2.30. The van der Waals surface area contributed by atoms with Crippen LogP contribution < -0.4 is 11.2 Å². The third-order valence-corrected chi connectivity index (χ3v) is 1.81. The summed E-state index contributed by atoms with van der Waals surface area (Å²) in [6, 6.07) is 1.23. The van der Waals surface area contributed by atoms with Crippen LogP contribution >= 0.6 is 0 Å². The molecular formula is C8H12N2O4. The molecule has 1 aromatic rings. The zero-order valence-corrected chi connectivity index (χ0v) is 7.51. The molecule has 78 valence electrons. The van der Waals surface area contributed by atoms with E-state index in [0.717, 1.165) is 0 Å². The number of aliphatic hydroxyl groups excluding tert-OH is 2. The average Bonchev–Trinajstić information content (AvgIpc) is 2.16. The summed E-state index contributed by atoms with van der Waals surface area (Å²) in [5.74, 6) is 0. The maximum Gasteiger partial charge on any atom is 0.328 e. The number of aromatic amines is 1. The fourth-order valence-corrected chi connectivity index (χ4v) is 1.000. The standard InChI is InChI=1S/C8H12N2O4/c11-5-6(12)1-3-10-4-2-7(13)9-8(10)14/h2,4,6,11-12H,1,3,5H2,(H,9,13,14)/t6-/m0/s1. The largest absolute Gasteiger partial charge is 0.394 e. The van der Waals surface area contributed by atoms with Crippen LogP contribution in [0.3, 0.4) is 0 Å². The van der Waals surface area contributed by atoms with Crippen molar-refractivity contribution < 1.29 is 10.2 Å². The molecule has 3 N–H and O–H groups in total. The van der Waals surface area contributed by atoms with E-state index in [1.165, 1.54) is 16.8 Å². The summed E-state index contributed by atoms with van der Waals surface area (Å²) in [6.07, 6.45) is 0.780. The van der Waals surface area contributed by atoms with Crippen LogP contribution in [0, 0.1) is 0 Å². The van der Waals surface area contributed by atoms with E-state index in [1.54, 1.807) is 0 Å². The molecule has 0 aliphatic rings. The summed E-state index contributed by atoms with van der Waals surface area (Å²) in [5, 5.41) is 17.6. The number of hydrogen-bond acceptors (Lipinski definition) is 4. The number of aliphatic hydroxyl groups is 2. The van der Waals surface area contributed by atoms with Crippen LogP contribution in [0.2, 0.25) is 0 Å². The SMILES string of the molecule is O=c1ccn(CC[C@H](O)CO)c(=O)[nH]1. The molecule has 0 spiro atoms. The zero-order chi connectivity index (χ0) is 10.6. The first-order chi connectivity index (χ1) is 6.63. The lowest BCUT2D eigenvalue weighted by molar-refractivity contribution is 0.0843. The van der Waals surface area contributed by atoms with E-state index in [-0.39, 0.29) is 19.6 Å². The molecule has 0 aromatic carbocycles. The summed E-state index contributed by atoms with van der Waals surface area (Å²) in [6.45, 7) is -0.0740. The second-order valence-electron chi connectivity index (χ2n) is 2.93. The molecule has 0 saturated heterocycles. The van der Waals surface area contributed by atoms with Gasteiger partial charge in [0.1, 0.15) is 0 Å². The number of H-pyrrole nitrogens is 1. The Morgan fingerprint density at radius 3 is 2.79 bits per heavy atom. The molecule has 0 aliphatic carbocycles. The van der Waals surface area contributed by atoms with Crippen molar-refractivity contribution in [1.29, 1.82) is 0 Å². The van der Waals surface area contributed by atoms with Crippen LogP contribution in [0.15, 0.2) is 21.9 Å². The normalized spacial score (nSPS) is 12.7. The Balaban J connectivity index is 2.68. The van der Waals surface area contributed by atoms with Crippen LogP contribution in [0.5, 0.6) is 0 Å². The van der Waals surface area contributed by atoms with Crippen molar-refractivity contribution >= 4 is 0 Å². The van der Waals surface area contributed by atoms with E-state index in [0.29, 0.717) is 0 Å². The van der Waals surface area contributed by atoms with Crippen LogP contribution in [-0.4, -0.2) is 32.5 Å². The number of hydrogen-bond donors (Lipinski definition) is 3. The molecule has 0 aliphatic heterocycles. The van der Waals surface area contributed by atoms with Crippen molar-refractivity contribution in [2.45, 2.75) is 19.1 Å². The van der Waals surface area contributed by atoms with E-state index in [1.807, 2.05) is 0 Å². The molecule has 1 aromatic heterocycles. The highest BCUT2D eigenvalue weighted by molar-refractivity contribution is 4.82. The third kappa shape index (κ3) is 2.82. The van der Waals surface area contributed by atoms with Crippen molar-refractivity contribution in [3.05, 3.63) is 33.1 Å². The number of rotatable bonds is 4. The van der Waals surface area contributed by atoms with Gasteiger partial charge in [-0.2, -0.15) is 0 Å². The van der Waals surface area contributed by atoms with Gasteiger partial charge in [-0.3, -0.25) is 9.78 Å². The van der Waals surface area contributed by atoms with E-state index >= 15 is 0 Å². The number of nitrogens with one attached hydrogen (secondary N) is 1. The van der Waals surface area contributed by atoms with Crippen LogP contribution in [0.4, 0.5) is 0 Å². The van der Waals surface area contributed by atoms with Crippen LogP contribution in [0.1, 0.15) is 6.42 Å². The van der Waals surface area contributed by atoms with Crippen molar-refractivity contribution in [2.75, 3.05) is 6.61 Å². The first kappa shape index (κ1) is 10.7. The molecule has 1 atom stereocenters. The summed E-state index contributed by atoms with van der Waals surface area (Å²) in [4.78, 5) is 23.9. The Hall–Kier alpha value is -1.40. The molecule has 6 heteroatoms. The molecule has 0 radical (unpaired) electrons. The van der Waals surface area contributed by atoms with Gasteiger partial charge in [-0.25, -0.2) is 4.79 Å². The molecule has 14 heavy (non-hydrogen) atoms. The summed E-state index contributed by atoms with van der Waals surface area (Å²) in [5.41, 5.74) is -0.961. The Labute approximate surface area is 79.5 Å². The molecule has 0 saturated carbocycles. The van der Waals surface area contributed by atoms with Crippen molar-refractivity contribution in [3.8, 4) is 0 Å². The van der Waals surface area contributed by atoms with Gasteiger partial charge in [-0.05, 0) is 6.42 Å². The minimum absolute atomic E-state index is 0.261. The Kier molecular flexibility index (Phi) is 3.61. The summed E-state index contributed by atoms with van der Waals surface area (Å²) >= 11 is 0. The summed E-state index contributed by atoms with van der Waals surface area (Å²) in [7, 11) is 0. The molecule has 1 rings (SSSR count). The molecular weight excluding hydrogens is 188 g/mol. The smallest absolute Gasteiger partial charge is 0.328 e. The second-order valence-corrected chi connectivity index (χ2v) is 2.93. The lowest BCUT2D eigenvalue weighted by atomic mass is 10.3. The van der Waals surface area contributed by atoms with E-state index in [4.69, 9.17) is 10.2 Å².